The van der Waals surface area contributed by atoms with Gasteiger partial charge in [-0.2, -0.15) is 8.78 Å². The first-order valence-corrected chi connectivity index (χ1v) is 8.80. The zero-order valence-corrected chi connectivity index (χ0v) is 14.4. The van der Waals surface area contributed by atoms with Gasteiger partial charge in [0.15, 0.2) is 0 Å². The molecule has 2 rings (SSSR count). The number of ether oxygens (including phenoxy) is 2. The van der Waals surface area contributed by atoms with Crippen LogP contribution in [-0.4, -0.2) is 18.7 Å². The highest BCUT2D eigenvalue weighted by Gasteiger charge is 2.44. The molecule has 0 N–H and O–H groups in total. The normalized spacial score (nSPS) is 21.3. The number of alkyl halides is 2. The van der Waals surface area contributed by atoms with Crippen LogP contribution in [0.2, 0.25) is 0 Å². The Hall–Kier alpha value is -1.65. The summed E-state index contributed by atoms with van der Waals surface area (Å²) in [6.45, 7) is 3.58. The van der Waals surface area contributed by atoms with E-state index in [1.165, 1.54) is 44.7 Å². The molecule has 0 aliphatic heterocycles. The van der Waals surface area contributed by atoms with Crippen LogP contribution in [0.5, 0.6) is 5.75 Å². The molecule has 1 fully saturated rings. The molecule has 0 aromatic heterocycles. The lowest BCUT2D eigenvalue weighted by atomic mass is 9.77. The summed E-state index contributed by atoms with van der Waals surface area (Å²) < 4.78 is 35.9. The van der Waals surface area contributed by atoms with Crippen LogP contribution in [0.4, 0.5) is 8.78 Å². The molecule has 0 unspecified atom stereocenters. The van der Waals surface area contributed by atoms with E-state index in [0.29, 0.717) is 5.92 Å². The molecule has 24 heavy (non-hydrogen) atoms. The van der Waals surface area contributed by atoms with E-state index in [9.17, 15) is 13.6 Å². The van der Waals surface area contributed by atoms with Gasteiger partial charge in [0, 0.05) is 0 Å². The van der Waals surface area contributed by atoms with Gasteiger partial charge < -0.3 is 9.47 Å². The van der Waals surface area contributed by atoms with Crippen molar-refractivity contribution in [3.05, 3.63) is 29.8 Å². The number of halogens is 2. The molecule has 0 heterocycles. The van der Waals surface area contributed by atoms with Crippen LogP contribution in [0.1, 0.15) is 63.9 Å². The van der Waals surface area contributed by atoms with Gasteiger partial charge >= 0.3 is 12.1 Å². The lowest BCUT2D eigenvalue weighted by Crippen LogP contribution is -2.36. The van der Waals surface area contributed by atoms with Crippen molar-refractivity contribution < 1.29 is 23.0 Å². The van der Waals surface area contributed by atoms with Crippen LogP contribution in [0.3, 0.4) is 0 Å². The van der Waals surface area contributed by atoms with Crippen molar-refractivity contribution in [2.45, 2.75) is 64.4 Å². The van der Waals surface area contributed by atoms with E-state index in [4.69, 9.17) is 0 Å². The summed E-state index contributed by atoms with van der Waals surface area (Å²) in [5.41, 5.74) is 1.15. The van der Waals surface area contributed by atoms with E-state index < -0.39 is 12.1 Å². The Labute approximate surface area is 142 Å². The van der Waals surface area contributed by atoms with Gasteiger partial charge in [-0.15, -0.1) is 0 Å². The van der Waals surface area contributed by atoms with E-state index in [0.717, 1.165) is 24.3 Å². The summed E-state index contributed by atoms with van der Waals surface area (Å²) in [6.07, 6.45) is 3.32. The summed E-state index contributed by atoms with van der Waals surface area (Å²) in [7, 11) is 0. The predicted molar refractivity (Wildman–Crippen MR) is 88.3 cm³/mol. The van der Waals surface area contributed by atoms with Crippen molar-refractivity contribution in [2.75, 3.05) is 6.61 Å². The van der Waals surface area contributed by atoms with Crippen molar-refractivity contribution in [3.63, 3.8) is 0 Å². The van der Waals surface area contributed by atoms with Crippen molar-refractivity contribution in [1.29, 1.82) is 0 Å². The summed E-state index contributed by atoms with van der Waals surface area (Å²) in [5, 5.41) is 0. The van der Waals surface area contributed by atoms with Gasteiger partial charge in [0.05, 0.1) is 6.61 Å². The Morgan fingerprint density at radius 3 is 2.29 bits per heavy atom. The van der Waals surface area contributed by atoms with Crippen LogP contribution < -0.4 is 4.74 Å². The zero-order chi connectivity index (χ0) is 17.6. The molecule has 1 aliphatic rings. The molecular weight excluding hydrogens is 314 g/mol. The standard InChI is InChI=1S/C19H26F2O3/c1-3-5-14-6-8-15(9-7-14)16-10-12-17(13-11-16)24-19(20,21)18(22)23-4-2/h10-15H,3-9H2,1-2H3. The lowest BCUT2D eigenvalue weighted by molar-refractivity contribution is -0.216. The zero-order valence-electron chi connectivity index (χ0n) is 14.4. The highest BCUT2D eigenvalue weighted by atomic mass is 19.3. The van der Waals surface area contributed by atoms with Crippen molar-refractivity contribution in [1.82, 2.24) is 0 Å². The second-order valence-corrected chi connectivity index (χ2v) is 6.41. The fourth-order valence-corrected chi connectivity index (χ4v) is 3.41. The van der Waals surface area contributed by atoms with E-state index in [1.54, 1.807) is 0 Å². The molecular formula is C19H26F2O3. The van der Waals surface area contributed by atoms with Gasteiger partial charge in [0.1, 0.15) is 5.75 Å². The van der Waals surface area contributed by atoms with Gasteiger partial charge in [0.25, 0.3) is 0 Å². The smallest absolute Gasteiger partial charge is 0.459 e. The van der Waals surface area contributed by atoms with E-state index in [1.807, 2.05) is 12.1 Å². The summed E-state index contributed by atoms with van der Waals surface area (Å²) in [6, 6.07) is 6.64. The van der Waals surface area contributed by atoms with Crippen LogP contribution in [0, 0.1) is 5.92 Å². The minimum Gasteiger partial charge on any atom is -0.459 e. The fourth-order valence-electron chi connectivity index (χ4n) is 3.41. The molecule has 3 nitrogen and oxygen atoms in total. The minimum atomic E-state index is -3.96. The number of hydrogen-bond acceptors (Lipinski definition) is 3. The fraction of sp³-hybridized carbons (Fsp3) is 0.632. The molecule has 0 amide bonds. The quantitative estimate of drug-likeness (QED) is 0.632. The number of benzene rings is 1. The number of rotatable bonds is 7. The number of carbonyl (C=O) groups excluding carboxylic acids is 1. The first-order valence-electron chi connectivity index (χ1n) is 8.80. The van der Waals surface area contributed by atoms with Crippen LogP contribution in [-0.2, 0) is 9.53 Å². The minimum absolute atomic E-state index is 0.0310. The van der Waals surface area contributed by atoms with Crippen LogP contribution in [0.15, 0.2) is 24.3 Å². The first kappa shape index (κ1) is 18.7. The Kier molecular flexibility index (Phi) is 6.58. The second kappa shape index (κ2) is 8.45. The predicted octanol–water partition coefficient (Wildman–Crippen LogP) is 5.30. The third-order valence-corrected chi connectivity index (χ3v) is 4.65. The molecule has 1 aromatic carbocycles. The first-order chi connectivity index (χ1) is 11.5. The Balaban J connectivity index is 1.92. The highest BCUT2D eigenvalue weighted by Crippen LogP contribution is 2.38. The average molecular weight is 340 g/mol. The average Bonchev–Trinajstić information content (AvgIpc) is 2.56. The van der Waals surface area contributed by atoms with Crippen molar-refractivity contribution >= 4 is 5.97 Å². The Bertz CT molecular complexity index is 520. The molecule has 0 atom stereocenters. The topological polar surface area (TPSA) is 35.5 Å². The maximum absolute atomic E-state index is 13.6. The van der Waals surface area contributed by atoms with E-state index >= 15 is 0 Å². The highest BCUT2D eigenvalue weighted by molar-refractivity contribution is 5.76. The maximum Gasteiger partial charge on any atom is 0.502 e. The van der Waals surface area contributed by atoms with E-state index in [2.05, 4.69) is 16.4 Å². The monoisotopic (exact) mass is 340 g/mol. The molecule has 0 spiro atoms. The third kappa shape index (κ3) is 4.92. The molecule has 0 radical (unpaired) electrons. The molecule has 1 saturated carbocycles. The van der Waals surface area contributed by atoms with Gasteiger partial charge in [0.2, 0.25) is 0 Å². The molecule has 1 aromatic rings. The lowest BCUT2D eigenvalue weighted by Gasteiger charge is -2.28. The number of esters is 1. The molecule has 0 saturated heterocycles. The Morgan fingerprint density at radius 2 is 1.75 bits per heavy atom. The summed E-state index contributed by atoms with van der Waals surface area (Å²) in [5.74, 6) is -0.380. The largest absolute Gasteiger partial charge is 0.502 e. The number of hydrogen-bond donors (Lipinski definition) is 0. The molecule has 5 heteroatoms. The SMILES string of the molecule is CCCC1CCC(c2ccc(OC(F)(F)C(=O)OCC)cc2)CC1. The maximum atomic E-state index is 13.6. The molecule has 134 valence electrons. The van der Waals surface area contributed by atoms with E-state index in [-0.39, 0.29) is 12.4 Å². The molecule has 0 bridgehead atoms. The summed E-state index contributed by atoms with van der Waals surface area (Å²) >= 11 is 0. The van der Waals surface area contributed by atoms with Gasteiger partial charge in [-0.3, -0.25) is 0 Å². The Morgan fingerprint density at radius 1 is 1.12 bits per heavy atom. The van der Waals surface area contributed by atoms with Gasteiger partial charge in [-0.1, -0.05) is 31.9 Å². The molecule has 1 aliphatic carbocycles. The second-order valence-electron chi connectivity index (χ2n) is 6.41. The van der Waals surface area contributed by atoms with Crippen molar-refractivity contribution in [2.24, 2.45) is 5.92 Å². The van der Waals surface area contributed by atoms with Crippen molar-refractivity contribution in [3.8, 4) is 5.75 Å². The van der Waals surface area contributed by atoms with Crippen LogP contribution in [0.25, 0.3) is 0 Å². The summed E-state index contributed by atoms with van der Waals surface area (Å²) in [4.78, 5) is 11.2. The third-order valence-electron chi connectivity index (χ3n) is 4.65. The van der Waals surface area contributed by atoms with Crippen LogP contribution >= 0.6 is 0 Å². The van der Waals surface area contributed by atoms with Gasteiger partial charge in [-0.05, 0) is 62.1 Å². The van der Waals surface area contributed by atoms with Gasteiger partial charge in [-0.25, -0.2) is 4.79 Å². The number of carbonyl (C=O) groups is 1.